The number of allylic oxidation sites excluding steroid dienone is 2. The summed E-state index contributed by atoms with van der Waals surface area (Å²) in [5.74, 6) is -0.712. The average molecular weight is 503 g/mol. The molecule has 5 rings (SSSR count). The van der Waals surface area contributed by atoms with E-state index in [9.17, 15) is 9.18 Å². The molecule has 4 aromatic rings. The van der Waals surface area contributed by atoms with Gasteiger partial charge in [-0.3, -0.25) is 0 Å². The van der Waals surface area contributed by atoms with Gasteiger partial charge >= 0.3 is 5.97 Å². The maximum absolute atomic E-state index is 13.8. The largest absolute Gasteiger partial charge is 0.341 e. The number of rotatable bonds is 6. The number of carbonyl (C=O) groups excluding carboxylic acids is 1. The molecule has 0 saturated heterocycles. The van der Waals surface area contributed by atoms with Crippen LogP contribution in [0.5, 0.6) is 0 Å². The van der Waals surface area contributed by atoms with E-state index < -0.39 is 0 Å². The Labute approximate surface area is 211 Å². The highest BCUT2D eigenvalue weighted by atomic mass is 35.5. The van der Waals surface area contributed by atoms with Crippen molar-refractivity contribution in [1.29, 1.82) is 0 Å². The van der Waals surface area contributed by atoms with Gasteiger partial charge in [-0.05, 0) is 81.7 Å². The molecule has 0 atom stereocenters. The molecule has 0 fully saturated rings. The van der Waals surface area contributed by atoms with Crippen molar-refractivity contribution < 1.29 is 14.0 Å². The van der Waals surface area contributed by atoms with E-state index in [1.807, 2.05) is 24.4 Å². The number of hydrogen-bond donors (Lipinski definition) is 0. The number of nitrogens with zero attached hydrogens (tertiary/aromatic N) is 2. The third kappa shape index (κ3) is 4.94. The molecule has 0 spiro atoms. The lowest BCUT2D eigenvalue weighted by molar-refractivity contribution is -0.140. The Morgan fingerprint density at radius 3 is 2.60 bits per heavy atom. The topological polar surface area (TPSA) is 51.5 Å². The van der Waals surface area contributed by atoms with Gasteiger partial charge in [-0.25, -0.2) is 9.18 Å². The fourth-order valence-corrected chi connectivity index (χ4v) is 5.05. The lowest BCUT2D eigenvalue weighted by Crippen LogP contribution is -1.97. The van der Waals surface area contributed by atoms with Crippen LogP contribution in [0.4, 0.5) is 4.39 Å². The molecule has 1 aliphatic heterocycles. The summed E-state index contributed by atoms with van der Waals surface area (Å²) in [4.78, 5) is 15.9. The van der Waals surface area contributed by atoms with Crippen molar-refractivity contribution in [2.75, 3.05) is 0 Å². The quantitative estimate of drug-likeness (QED) is 0.200. The fourth-order valence-electron chi connectivity index (χ4n) is 4.14. The van der Waals surface area contributed by atoms with Crippen LogP contribution < -0.4 is 0 Å². The molecule has 7 heteroatoms. The molecule has 0 saturated carbocycles. The Morgan fingerprint density at radius 1 is 1.09 bits per heavy atom. The molecule has 0 radical (unpaired) electrons. The number of hydrogen-bond acceptors (Lipinski definition) is 5. The third-order valence-electron chi connectivity index (χ3n) is 5.81. The van der Waals surface area contributed by atoms with Crippen molar-refractivity contribution in [3.05, 3.63) is 106 Å². The van der Waals surface area contributed by atoms with Crippen LogP contribution in [0.25, 0.3) is 27.3 Å². The van der Waals surface area contributed by atoms with Crippen LogP contribution in [0.1, 0.15) is 42.0 Å². The number of carbonyl (C=O) groups is 1. The summed E-state index contributed by atoms with van der Waals surface area (Å²) in [7, 11) is 0. The Balaban J connectivity index is 1.61. The Kier molecular flexibility index (Phi) is 6.57. The van der Waals surface area contributed by atoms with Gasteiger partial charge in [0.25, 0.3) is 0 Å². The van der Waals surface area contributed by atoms with Crippen LogP contribution >= 0.6 is 23.1 Å². The van der Waals surface area contributed by atoms with Crippen molar-refractivity contribution >= 4 is 62.1 Å². The van der Waals surface area contributed by atoms with E-state index in [-0.39, 0.29) is 18.2 Å². The number of fused-ring (bicyclic) bond motifs is 1. The summed E-state index contributed by atoms with van der Waals surface area (Å²) in [6.07, 6.45) is 6.43. The molecule has 0 amide bonds. The summed E-state index contributed by atoms with van der Waals surface area (Å²) in [6.45, 7) is 2.07. The normalized spacial score (nSPS) is 14.4. The molecule has 0 aliphatic carbocycles. The first-order valence-electron chi connectivity index (χ1n) is 11.1. The molecule has 2 heterocycles. The van der Waals surface area contributed by atoms with Gasteiger partial charge in [-0.1, -0.05) is 66.2 Å². The van der Waals surface area contributed by atoms with Crippen molar-refractivity contribution in [2.45, 2.75) is 19.8 Å². The van der Waals surface area contributed by atoms with Gasteiger partial charge in [-0.15, -0.1) is 0 Å². The lowest BCUT2D eigenvalue weighted by Gasteiger charge is -2.18. The van der Waals surface area contributed by atoms with E-state index in [0.29, 0.717) is 17.2 Å². The van der Waals surface area contributed by atoms with E-state index in [2.05, 4.69) is 51.6 Å². The minimum absolute atomic E-state index is 0.180. The highest BCUT2D eigenvalue weighted by Gasteiger charge is 2.17. The van der Waals surface area contributed by atoms with Gasteiger partial charge in [0.05, 0.1) is 21.9 Å². The molecule has 1 aliphatic rings. The van der Waals surface area contributed by atoms with Crippen LogP contribution in [0.2, 0.25) is 5.02 Å². The Bertz CT molecular complexity index is 1520. The molecule has 1 aromatic heterocycles. The molecule has 35 heavy (non-hydrogen) atoms. The number of oxime groups is 1. The second-order valence-electron chi connectivity index (χ2n) is 8.09. The predicted octanol–water partition coefficient (Wildman–Crippen LogP) is 7.77. The average Bonchev–Trinajstić information content (AvgIpc) is 3.50. The van der Waals surface area contributed by atoms with Crippen LogP contribution in [0.15, 0.2) is 78.1 Å². The minimum Gasteiger partial charge on any atom is -0.318 e. The Morgan fingerprint density at radius 2 is 1.89 bits per heavy atom. The molecule has 0 unspecified atom stereocenters. The summed E-state index contributed by atoms with van der Waals surface area (Å²) < 4.78 is 19.2. The molecular weight excluding hydrogens is 483 g/mol. The first kappa shape index (κ1) is 23.1. The van der Waals surface area contributed by atoms with E-state index in [1.165, 1.54) is 23.7 Å². The molecular formula is C28H20ClFN2O2S. The smallest absolute Gasteiger partial charge is 0.318 e. The van der Waals surface area contributed by atoms with Gasteiger partial charge in [0, 0.05) is 11.6 Å². The maximum atomic E-state index is 13.8. The van der Waals surface area contributed by atoms with Crippen molar-refractivity contribution in [2.24, 2.45) is 5.16 Å². The van der Waals surface area contributed by atoms with Crippen LogP contribution in [-0.2, 0) is 9.63 Å². The monoisotopic (exact) mass is 502 g/mol. The van der Waals surface area contributed by atoms with E-state index in [0.717, 1.165) is 43.5 Å². The zero-order chi connectivity index (χ0) is 24.4. The Hall–Kier alpha value is -3.61. The van der Waals surface area contributed by atoms with Gasteiger partial charge in [0.15, 0.2) is 0 Å². The molecule has 0 N–H and O–H groups in total. The van der Waals surface area contributed by atoms with Gasteiger partial charge < -0.3 is 4.84 Å². The number of benzene rings is 3. The van der Waals surface area contributed by atoms with Crippen LogP contribution in [0.3, 0.4) is 0 Å². The summed E-state index contributed by atoms with van der Waals surface area (Å²) >= 11 is 7.96. The van der Waals surface area contributed by atoms with Gasteiger partial charge in [-0.2, -0.15) is 4.37 Å². The minimum atomic E-state index is -0.364. The number of halogens is 2. The highest BCUT2D eigenvalue weighted by molar-refractivity contribution is 7.13. The standard InChI is InChI=1S/C28H20ClFN2O2S/c1-2-23(24-11-9-21(30)14-25(24)29)28(19-8-12-26-20(13-19)16-31-35-26)18-6-3-17(4-7-18)5-10-22-15-27(33)34-32-22/h3-14,16H,2,15H2,1H3/b10-5+,28-23+. The summed E-state index contributed by atoms with van der Waals surface area (Å²) in [5, 5.41) is 5.20. The molecule has 174 valence electrons. The fraction of sp³-hybridized carbons (Fsp3) is 0.107. The van der Waals surface area contributed by atoms with Gasteiger partial charge in [0.2, 0.25) is 0 Å². The van der Waals surface area contributed by atoms with Gasteiger partial charge in [0.1, 0.15) is 5.82 Å². The first-order chi connectivity index (χ1) is 17.0. The SMILES string of the molecule is CC/C(=C(/c1ccc(/C=C/C2=NOC(=O)C2)cc1)c1ccc2sncc2c1)c1ccc(F)cc1Cl. The number of aromatic nitrogens is 1. The third-order valence-corrected chi connectivity index (χ3v) is 6.90. The molecule has 3 aromatic carbocycles. The van der Waals surface area contributed by atoms with Crippen molar-refractivity contribution in [1.82, 2.24) is 4.37 Å². The van der Waals surface area contributed by atoms with E-state index in [1.54, 1.807) is 12.1 Å². The first-order valence-corrected chi connectivity index (χ1v) is 12.3. The predicted molar refractivity (Wildman–Crippen MR) is 141 cm³/mol. The maximum Gasteiger partial charge on any atom is 0.341 e. The van der Waals surface area contributed by atoms with Crippen LogP contribution in [0, 0.1) is 5.82 Å². The summed E-state index contributed by atoms with van der Waals surface area (Å²) in [6, 6.07) is 18.9. The lowest BCUT2D eigenvalue weighted by atomic mass is 9.87. The van der Waals surface area contributed by atoms with E-state index in [4.69, 9.17) is 11.6 Å². The zero-order valence-electron chi connectivity index (χ0n) is 18.8. The second kappa shape index (κ2) is 9.94. The van der Waals surface area contributed by atoms with Crippen LogP contribution in [-0.4, -0.2) is 16.1 Å². The van der Waals surface area contributed by atoms with Crippen molar-refractivity contribution in [3.8, 4) is 0 Å². The highest BCUT2D eigenvalue weighted by Crippen LogP contribution is 2.38. The summed E-state index contributed by atoms with van der Waals surface area (Å²) in [5.41, 5.74) is 6.47. The zero-order valence-corrected chi connectivity index (χ0v) is 20.4. The molecule has 0 bridgehead atoms. The van der Waals surface area contributed by atoms with E-state index >= 15 is 0 Å². The molecule has 4 nitrogen and oxygen atoms in total. The second-order valence-corrected chi connectivity index (χ2v) is 9.33. The van der Waals surface area contributed by atoms with Crippen molar-refractivity contribution in [3.63, 3.8) is 0 Å².